The lowest BCUT2D eigenvalue weighted by atomic mass is 9.78. The van der Waals surface area contributed by atoms with E-state index in [2.05, 4.69) is 91.7 Å². The van der Waals surface area contributed by atoms with Crippen LogP contribution in [0, 0.1) is 10.5 Å². The van der Waals surface area contributed by atoms with Gasteiger partial charge in [-0.05, 0) is 117 Å². The van der Waals surface area contributed by atoms with E-state index < -0.39 is 0 Å². The second-order valence-corrected chi connectivity index (χ2v) is 10.1. The quantitative estimate of drug-likeness (QED) is 0.323. The van der Waals surface area contributed by atoms with E-state index >= 15 is 0 Å². The van der Waals surface area contributed by atoms with Crippen molar-refractivity contribution in [2.75, 3.05) is 4.90 Å². The van der Waals surface area contributed by atoms with Crippen LogP contribution in [0.15, 0.2) is 41.5 Å². The van der Waals surface area contributed by atoms with Crippen molar-refractivity contribution in [2.24, 2.45) is 5.10 Å². The van der Waals surface area contributed by atoms with Gasteiger partial charge in [-0.25, -0.2) is 5.43 Å². The van der Waals surface area contributed by atoms with Gasteiger partial charge < -0.3 is 4.90 Å². The molecule has 1 N–H and O–H groups in total. The zero-order valence-corrected chi connectivity index (χ0v) is 20.2. The summed E-state index contributed by atoms with van der Waals surface area (Å²) in [5, 5.41) is 4.22. The van der Waals surface area contributed by atoms with Crippen molar-refractivity contribution < 1.29 is 4.79 Å². The molecule has 0 saturated carbocycles. The molecule has 3 rings (SSSR count). The highest BCUT2D eigenvalue weighted by Gasteiger charge is 2.37. The van der Waals surface area contributed by atoms with Crippen molar-refractivity contribution in [3.63, 3.8) is 0 Å². The number of benzene rings is 2. The van der Waals surface area contributed by atoms with Gasteiger partial charge in [-0.1, -0.05) is 13.0 Å². The Morgan fingerprint density at radius 2 is 2.03 bits per heavy atom. The van der Waals surface area contributed by atoms with E-state index in [1.54, 1.807) is 12.3 Å². The molecule has 2 aromatic rings. The molecule has 1 atom stereocenters. The smallest absolute Gasteiger partial charge is 0.271 e. The SMILES string of the molecule is Cc1cc2c(cc1/C=N\NC(=O)c1cccc(I)c1)[C@H](C)CC(C)(C)N2C(C)C. The minimum Gasteiger partial charge on any atom is -0.364 e. The number of nitrogens with one attached hydrogen (secondary N) is 1. The maximum atomic E-state index is 12.3. The molecule has 0 fully saturated rings. The fourth-order valence-corrected chi connectivity index (χ4v) is 5.13. The third kappa shape index (κ3) is 4.65. The summed E-state index contributed by atoms with van der Waals surface area (Å²) in [7, 11) is 0. The molecule has 4 nitrogen and oxygen atoms in total. The number of hydrogen-bond donors (Lipinski definition) is 1. The second-order valence-electron chi connectivity index (χ2n) is 8.86. The number of aryl methyl sites for hydroxylation is 1. The number of rotatable bonds is 4. The lowest BCUT2D eigenvalue weighted by Gasteiger charge is -2.50. The normalized spacial score (nSPS) is 18.2. The fraction of sp³-hybridized carbons (Fsp3) is 0.417. The van der Waals surface area contributed by atoms with Crippen LogP contribution in [0.4, 0.5) is 5.69 Å². The summed E-state index contributed by atoms with van der Waals surface area (Å²) < 4.78 is 1.02. The summed E-state index contributed by atoms with van der Waals surface area (Å²) in [6.07, 6.45) is 2.87. The van der Waals surface area contributed by atoms with Gasteiger partial charge in [0.2, 0.25) is 0 Å². The number of anilines is 1. The van der Waals surface area contributed by atoms with Gasteiger partial charge in [-0.15, -0.1) is 0 Å². The molecule has 1 aliphatic heterocycles. The topological polar surface area (TPSA) is 44.7 Å². The molecule has 0 spiro atoms. The van der Waals surface area contributed by atoms with E-state index in [4.69, 9.17) is 0 Å². The molecule has 154 valence electrons. The third-order valence-electron chi connectivity index (χ3n) is 5.64. The first kappa shape index (κ1) is 21.8. The maximum Gasteiger partial charge on any atom is 0.271 e. The van der Waals surface area contributed by atoms with Gasteiger partial charge in [0.1, 0.15) is 0 Å². The molecular weight excluding hydrogens is 473 g/mol. The molecule has 29 heavy (non-hydrogen) atoms. The summed E-state index contributed by atoms with van der Waals surface area (Å²) in [6.45, 7) is 13.6. The number of amides is 1. The highest BCUT2D eigenvalue weighted by Crippen LogP contribution is 2.45. The third-order valence-corrected chi connectivity index (χ3v) is 6.31. The van der Waals surface area contributed by atoms with Gasteiger partial charge in [0, 0.05) is 26.4 Å². The Kier molecular flexibility index (Phi) is 6.36. The molecule has 0 radical (unpaired) electrons. The second kappa shape index (κ2) is 8.46. The van der Waals surface area contributed by atoms with Crippen LogP contribution < -0.4 is 10.3 Å². The molecular formula is C24H30IN3O. The van der Waals surface area contributed by atoms with Crippen LogP contribution in [0.1, 0.15) is 74.0 Å². The average Bonchev–Trinajstić information content (AvgIpc) is 2.61. The zero-order chi connectivity index (χ0) is 21.3. The lowest BCUT2D eigenvalue weighted by molar-refractivity contribution is 0.0955. The number of carbonyl (C=O) groups is 1. The standard InChI is InChI=1S/C24H30IN3O/c1-15(2)28-22-10-16(3)19(12-21(22)17(4)13-24(28,5)6)14-26-27-23(29)18-8-7-9-20(25)11-18/h7-12,14-15,17H,13H2,1-6H3,(H,27,29)/b26-14-/t17-/m1/s1. The minimum absolute atomic E-state index is 0.129. The number of fused-ring (bicyclic) bond motifs is 1. The molecule has 1 aliphatic rings. The first-order valence-electron chi connectivity index (χ1n) is 10.1. The first-order valence-corrected chi connectivity index (χ1v) is 11.2. The Balaban J connectivity index is 1.86. The predicted octanol–water partition coefficient (Wildman–Crippen LogP) is 5.86. The van der Waals surface area contributed by atoms with Crippen LogP contribution in [0.3, 0.4) is 0 Å². The molecule has 0 aromatic heterocycles. The van der Waals surface area contributed by atoms with E-state index in [-0.39, 0.29) is 11.4 Å². The molecule has 1 amide bonds. The minimum atomic E-state index is -0.198. The Labute approximate surface area is 187 Å². The summed E-state index contributed by atoms with van der Waals surface area (Å²) in [4.78, 5) is 14.8. The molecule has 0 bridgehead atoms. The van der Waals surface area contributed by atoms with Crippen molar-refractivity contribution in [1.82, 2.24) is 5.43 Å². The van der Waals surface area contributed by atoms with Crippen LogP contribution in [-0.2, 0) is 0 Å². The zero-order valence-electron chi connectivity index (χ0n) is 18.1. The van der Waals surface area contributed by atoms with E-state index in [0.29, 0.717) is 17.5 Å². The summed E-state index contributed by atoms with van der Waals surface area (Å²) in [5.74, 6) is 0.278. The molecule has 0 unspecified atom stereocenters. The number of hydrogen-bond acceptors (Lipinski definition) is 3. The molecule has 1 heterocycles. The summed E-state index contributed by atoms with van der Waals surface area (Å²) >= 11 is 2.20. The highest BCUT2D eigenvalue weighted by atomic mass is 127. The van der Waals surface area contributed by atoms with Gasteiger partial charge in [0.15, 0.2) is 0 Å². The van der Waals surface area contributed by atoms with E-state index in [0.717, 1.165) is 21.1 Å². The molecule has 2 aromatic carbocycles. The Morgan fingerprint density at radius 3 is 2.69 bits per heavy atom. The molecule has 0 aliphatic carbocycles. The van der Waals surface area contributed by atoms with Crippen molar-refractivity contribution in [3.8, 4) is 0 Å². The van der Waals surface area contributed by atoms with Crippen molar-refractivity contribution in [2.45, 2.75) is 65.5 Å². The maximum absolute atomic E-state index is 12.3. The van der Waals surface area contributed by atoms with Gasteiger partial charge in [0.25, 0.3) is 5.91 Å². The van der Waals surface area contributed by atoms with Crippen molar-refractivity contribution in [3.05, 3.63) is 62.2 Å². The summed E-state index contributed by atoms with van der Waals surface area (Å²) in [6, 6.07) is 12.4. The van der Waals surface area contributed by atoms with E-state index in [1.807, 2.05) is 18.2 Å². The number of nitrogens with zero attached hydrogens (tertiary/aromatic N) is 2. The number of carbonyl (C=O) groups excluding carboxylic acids is 1. The highest BCUT2D eigenvalue weighted by molar-refractivity contribution is 14.1. The Bertz CT molecular complexity index is 949. The van der Waals surface area contributed by atoms with Gasteiger partial charge >= 0.3 is 0 Å². The van der Waals surface area contributed by atoms with Gasteiger partial charge in [-0.3, -0.25) is 4.79 Å². The van der Waals surface area contributed by atoms with E-state index in [9.17, 15) is 4.79 Å². The fourth-order valence-electron chi connectivity index (χ4n) is 4.59. The summed E-state index contributed by atoms with van der Waals surface area (Å²) in [5.41, 5.74) is 8.27. The van der Waals surface area contributed by atoms with Crippen molar-refractivity contribution >= 4 is 40.4 Å². The Morgan fingerprint density at radius 1 is 1.31 bits per heavy atom. The molecule has 5 heteroatoms. The van der Waals surface area contributed by atoms with E-state index in [1.165, 1.54) is 11.3 Å². The average molecular weight is 503 g/mol. The van der Waals surface area contributed by atoms with Crippen LogP contribution in [0.2, 0.25) is 0 Å². The first-order chi connectivity index (χ1) is 13.6. The van der Waals surface area contributed by atoms with Gasteiger partial charge in [-0.2, -0.15) is 5.10 Å². The van der Waals surface area contributed by atoms with Crippen LogP contribution in [-0.4, -0.2) is 23.7 Å². The lowest BCUT2D eigenvalue weighted by Crippen LogP contribution is -2.51. The number of hydrazone groups is 1. The predicted molar refractivity (Wildman–Crippen MR) is 130 cm³/mol. The Hall–Kier alpha value is -1.89. The number of halogens is 1. The van der Waals surface area contributed by atoms with Crippen LogP contribution in [0.25, 0.3) is 0 Å². The molecule has 0 saturated heterocycles. The van der Waals surface area contributed by atoms with Crippen LogP contribution in [0.5, 0.6) is 0 Å². The largest absolute Gasteiger partial charge is 0.364 e. The van der Waals surface area contributed by atoms with Crippen molar-refractivity contribution in [1.29, 1.82) is 0 Å². The monoisotopic (exact) mass is 503 g/mol. The van der Waals surface area contributed by atoms with Gasteiger partial charge in [0.05, 0.1) is 6.21 Å². The van der Waals surface area contributed by atoms with Crippen LogP contribution >= 0.6 is 22.6 Å².